The molecule has 31 heavy (non-hydrogen) atoms. The summed E-state index contributed by atoms with van der Waals surface area (Å²) in [6, 6.07) is 17.9. The van der Waals surface area contributed by atoms with Gasteiger partial charge in [-0.15, -0.1) is 0 Å². The zero-order chi connectivity index (χ0) is 22.0. The number of esters is 1. The molecule has 158 valence electrons. The summed E-state index contributed by atoms with van der Waals surface area (Å²) in [4.78, 5) is 16.6. The second-order valence-corrected chi connectivity index (χ2v) is 7.65. The van der Waals surface area contributed by atoms with Crippen LogP contribution in [0.2, 0.25) is 0 Å². The maximum atomic E-state index is 12.1. The van der Waals surface area contributed by atoms with Crippen molar-refractivity contribution in [3.63, 3.8) is 0 Å². The van der Waals surface area contributed by atoms with Crippen LogP contribution >= 0.6 is 0 Å². The number of benzene rings is 2. The molecule has 6 heteroatoms. The topological polar surface area (TPSA) is 84.6 Å². The van der Waals surface area contributed by atoms with E-state index in [4.69, 9.17) is 9.15 Å². The highest BCUT2D eigenvalue weighted by molar-refractivity contribution is 5.90. The fourth-order valence-electron chi connectivity index (χ4n) is 3.43. The molecule has 0 aliphatic rings. The molecule has 1 atom stereocenters. The first-order valence-corrected chi connectivity index (χ1v) is 10.1. The molecule has 6 nitrogen and oxygen atoms in total. The third kappa shape index (κ3) is 4.38. The van der Waals surface area contributed by atoms with Gasteiger partial charge in [0, 0.05) is 22.3 Å². The number of aryl methyl sites for hydroxylation is 1. The number of aromatic nitrogens is 1. The summed E-state index contributed by atoms with van der Waals surface area (Å²) in [5.41, 5.74) is 3.25. The third-order valence-corrected chi connectivity index (χ3v) is 4.92. The van der Waals surface area contributed by atoms with Crippen LogP contribution in [0, 0.1) is 6.92 Å². The SMILES string of the molecule is Cc1ccc2ccc(C(Nc3ccc(C(=O)OC(C)C)cc3)c3ccco3)c(O)c2n1. The smallest absolute Gasteiger partial charge is 0.338 e. The van der Waals surface area contributed by atoms with Gasteiger partial charge in [-0.2, -0.15) is 0 Å². The number of hydrogen-bond acceptors (Lipinski definition) is 6. The third-order valence-electron chi connectivity index (χ3n) is 4.92. The lowest BCUT2D eigenvalue weighted by Crippen LogP contribution is -2.13. The number of pyridine rings is 1. The van der Waals surface area contributed by atoms with E-state index in [0.29, 0.717) is 22.4 Å². The first kappa shape index (κ1) is 20.5. The average molecular weight is 416 g/mol. The Morgan fingerprint density at radius 2 is 1.81 bits per heavy atom. The van der Waals surface area contributed by atoms with E-state index in [-0.39, 0.29) is 17.8 Å². The van der Waals surface area contributed by atoms with Gasteiger partial charge in [0.05, 0.1) is 17.9 Å². The van der Waals surface area contributed by atoms with Crippen molar-refractivity contribution in [3.8, 4) is 5.75 Å². The number of fused-ring (bicyclic) bond motifs is 1. The van der Waals surface area contributed by atoms with Crippen molar-refractivity contribution in [2.24, 2.45) is 0 Å². The van der Waals surface area contributed by atoms with Gasteiger partial charge in [0.15, 0.2) is 0 Å². The number of rotatable bonds is 6. The largest absolute Gasteiger partial charge is 0.505 e. The second kappa shape index (κ2) is 8.52. The van der Waals surface area contributed by atoms with E-state index >= 15 is 0 Å². The van der Waals surface area contributed by atoms with Crippen molar-refractivity contribution in [3.05, 3.63) is 89.5 Å². The molecule has 2 aromatic carbocycles. The highest BCUT2D eigenvalue weighted by Crippen LogP contribution is 2.36. The van der Waals surface area contributed by atoms with Gasteiger partial charge < -0.3 is 19.6 Å². The number of phenols is 1. The predicted octanol–water partition coefficient (Wildman–Crippen LogP) is 5.61. The standard InChI is InChI=1S/C25H24N2O4/c1-15(2)31-25(29)18-8-11-19(12-9-18)27-23(21-5-4-14-30-21)20-13-10-17-7-6-16(3)26-22(17)24(20)28/h4-15,23,27-28H,1-3H3. The van der Waals surface area contributed by atoms with Crippen molar-refractivity contribution in [2.45, 2.75) is 32.9 Å². The van der Waals surface area contributed by atoms with Gasteiger partial charge in [0.1, 0.15) is 23.1 Å². The Balaban J connectivity index is 1.68. The molecule has 2 heterocycles. The number of furan rings is 1. The number of nitrogens with one attached hydrogen (secondary N) is 1. The molecular formula is C25H24N2O4. The van der Waals surface area contributed by atoms with Crippen LogP contribution in [0.25, 0.3) is 10.9 Å². The lowest BCUT2D eigenvalue weighted by molar-refractivity contribution is 0.0378. The molecule has 4 aromatic rings. The minimum Gasteiger partial charge on any atom is -0.505 e. The maximum absolute atomic E-state index is 12.1. The summed E-state index contributed by atoms with van der Waals surface area (Å²) >= 11 is 0. The van der Waals surface area contributed by atoms with Crippen LogP contribution in [0.1, 0.15) is 47.3 Å². The number of aromatic hydroxyl groups is 1. The number of carbonyl (C=O) groups excluding carboxylic acids is 1. The van der Waals surface area contributed by atoms with Crippen molar-refractivity contribution < 1.29 is 19.1 Å². The molecule has 0 saturated heterocycles. The maximum Gasteiger partial charge on any atom is 0.338 e. The fourth-order valence-corrected chi connectivity index (χ4v) is 3.43. The first-order chi connectivity index (χ1) is 14.9. The van der Waals surface area contributed by atoms with E-state index in [1.165, 1.54) is 0 Å². The molecule has 0 spiro atoms. The summed E-state index contributed by atoms with van der Waals surface area (Å²) in [6.45, 7) is 5.52. The highest BCUT2D eigenvalue weighted by Gasteiger charge is 2.22. The van der Waals surface area contributed by atoms with Gasteiger partial charge >= 0.3 is 5.97 Å². The van der Waals surface area contributed by atoms with Crippen molar-refractivity contribution in [2.75, 3.05) is 5.32 Å². The van der Waals surface area contributed by atoms with Gasteiger partial charge in [0.2, 0.25) is 0 Å². The predicted molar refractivity (Wildman–Crippen MR) is 119 cm³/mol. The van der Waals surface area contributed by atoms with Crippen LogP contribution < -0.4 is 5.32 Å². The summed E-state index contributed by atoms with van der Waals surface area (Å²) in [7, 11) is 0. The average Bonchev–Trinajstić information content (AvgIpc) is 3.28. The number of anilines is 1. The summed E-state index contributed by atoms with van der Waals surface area (Å²) in [6.07, 6.45) is 1.41. The highest BCUT2D eigenvalue weighted by atomic mass is 16.5. The monoisotopic (exact) mass is 416 g/mol. The molecule has 2 aromatic heterocycles. The minimum absolute atomic E-state index is 0.104. The summed E-state index contributed by atoms with van der Waals surface area (Å²) < 4.78 is 10.9. The number of phenolic OH excluding ortho intramolecular Hbond substituents is 1. The Labute approximate surface area is 180 Å². The summed E-state index contributed by atoms with van der Waals surface area (Å²) in [5, 5.41) is 15.3. The van der Waals surface area contributed by atoms with Crippen LogP contribution in [0.3, 0.4) is 0 Å². The molecule has 1 unspecified atom stereocenters. The Bertz CT molecular complexity index is 1200. The Morgan fingerprint density at radius 3 is 2.48 bits per heavy atom. The number of ether oxygens (including phenoxy) is 1. The van der Waals surface area contributed by atoms with Crippen LogP contribution in [0.4, 0.5) is 5.69 Å². The number of nitrogens with zero attached hydrogens (tertiary/aromatic N) is 1. The first-order valence-electron chi connectivity index (χ1n) is 10.1. The van der Waals surface area contributed by atoms with Crippen molar-refractivity contribution in [1.29, 1.82) is 0 Å². The van der Waals surface area contributed by atoms with E-state index in [9.17, 15) is 9.90 Å². The molecular weight excluding hydrogens is 392 g/mol. The zero-order valence-electron chi connectivity index (χ0n) is 17.6. The van der Waals surface area contributed by atoms with Gasteiger partial charge in [-0.1, -0.05) is 18.2 Å². The van der Waals surface area contributed by atoms with E-state index in [1.807, 2.05) is 51.1 Å². The van der Waals surface area contributed by atoms with Gasteiger partial charge in [-0.05, 0) is 63.2 Å². The second-order valence-electron chi connectivity index (χ2n) is 7.65. The lowest BCUT2D eigenvalue weighted by Gasteiger charge is -2.20. The van der Waals surface area contributed by atoms with Gasteiger partial charge in [-0.3, -0.25) is 0 Å². The molecule has 0 radical (unpaired) electrons. The quantitative estimate of drug-likeness (QED) is 0.398. The van der Waals surface area contributed by atoms with E-state index in [0.717, 1.165) is 16.8 Å². The minimum atomic E-state index is -0.449. The van der Waals surface area contributed by atoms with Crippen LogP contribution in [-0.2, 0) is 4.74 Å². The van der Waals surface area contributed by atoms with Crippen LogP contribution in [0.15, 0.2) is 71.3 Å². The van der Waals surface area contributed by atoms with Crippen molar-refractivity contribution in [1.82, 2.24) is 4.98 Å². The van der Waals surface area contributed by atoms with Gasteiger partial charge in [-0.25, -0.2) is 9.78 Å². The fraction of sp³-hybridized carbons (Fsp3) is 0.200. The normalized spacial score (nSPS) is 12.1. The molecule has 0 aliphatic heterocycles. The van der Waals surface area contributed by atoms with Crippen LogP contribution in [0.5, 0.6) is 5.75 Å². The lowest BCUT2D eigenvalue weighted by atomic mass is 10.00. The van der Waals surface area contributed by atoms with Gasteiger partial charge in [0.25, 0.3) is 0 Å². The molecule has 0 fully saturated rings. The Kier molecular flexibility index (Phi) is 5.62. The van der Waals surface area contributed by atoms with E-state index in [2.05, 4.69) is 10.3 Å². The number of carbonyl (C=O) groups is 1. The number of hydrogen-bond donors (Lipinski definition) is 2. The molecule has 0 aliphatic carbocycles. The van der Waals surface area contributed by atoms with E-state index < -0.39 is 6.04 Å². The molecule has 0 bridgehead atoms. The molecule has 0 saturated carbocycles. The van der Waals surface area contributed by atoms with Crippen LogP contribution in [-0.4, -0.2) is 22.2 Å². The zero-order valence-corrected chi connectivity index (χ0v) is 17.6. The molecule has 2 N–H and O–H groups in total. The molecule has 4 rings (SSSR count). The summed E-state index contributed by atoms with van der Waals surface area (Å²) in [5.74, 6) is 0.385. The Morgan fingerprint density at radius 1 is 1.06 bits per heavy atom. The van der Waals surface area contributed by atoms with E-state index in [1.54, 1.807) is 36.6 Å². The van der Waals surface area contributed by atoms with Crippen molar-refractivity contribution >= 4 is 22.6 Å². The molecule has 0 amide bonds. The Hall–Kier alpha value is -3.80.